The third kappa shape index (κ3) is 7.64. The molecule has 45 heavy (non-hydrogen) atoms. The van der Waals surface area contributed by atoms with Crippen molar-refractivity contribution in [2.24, 2.45) is 23.2 Å². The molecular weight excluding hydrogens is 584 g/mol. The lowest BCUT2D eigenvalue weighted by molar-refractivity contribution is -0.452. The van der Waals surface area contributed by atoms with Crippen LogP contribution >= 0.6 is 0 Å². The summed E-state index contributed by atoms with van der Waals surface area (Å²) in [5.74, 6) is -5.87. The predicted molar refractivity (Wildman–Crippen MR) is 161 cm³/mol. The van der Waals surface area contributed by atoms with E-state index in [1.54, 1.807) is 32.2 Å². The summed E-state index contributed by atoms with van der Waals surface area (Å²) in [4.78, 5) is 38.3. The minimum Gasteiger partial charge on any atom is -0.508 e. The number of aliphatic hydroxyl groups is 1. The van der Waals surface area contributed by atoms with Crippen LogP contribution in [0.15, 0.2) is 24.3 Å². The first kappa shape index (κ1) is 35.1. The van der Waals surface area contributed by atoms with Crippen molar-refractivity contribution in [3.8, 4) is 5.75 Å². The molecule has 3 saturated heterocycles. The smallest absolute Gasteiger partial charge is 0.311 e. The number of carbonyl (C=O) groups excluding carboxylic acids is 3. The Labute approximate surface area is 265 Å². The van der Waals surface area contributed by atoms with Gasteiger partial charge in [0.05, 0.1) is 25.0 Å². The third-order valence-corrected chi connectivity index (χ3v) is 10.0. The van der Waals surface area contributed by atoms with Crippen LogP contribution in [0, 0.1) is 23.2 Å². The highest BCUT2D eigenvalue weighted by atomic mass is 16.8. The van der Waals surface area contributed by atoms with Gasteiger partial charge in [0.1, 0.15) is 24.1 Å². The predicted octanol–water partition coefficient (Wildman–Crippen LogP) is 4.96. The van der Waals surface area contributed by atoms with Crippen molar-refractivity contribution in [3.63, 3.8) is 0 Å². The van der Waals surface area contributed by atoms with Gasteiger partial charge in [0.25, 0.3) is 0 Å². The summed E-state index contributed by atoms with van der Waals surface area (Å²) in [7, 11) is 1.63. The van der Waals surface area contributed by atoms with Crippen molar-refractivity contribution >= 4 is 17.9 Å². The van der Waals surface area contributed by atoms with Crippen LogP contribution in [0.4, 0.5) is 0 Å². The van der Waals surface area contributed by atoms with E-state index in [4.69, 9.17) is 28.4 Å². The minimum absolute atomic E-state index is 0.0604. The number of aromatic hydroxyl groups is 1. The number of phenolic OH excluding ortho intramolecular Hbond substituents is 1. The summed E-state index contributed by atoms with van der Waals surface area (Å²) in [5.41, 5.74) is 0.235. The Morgan fingerprint density at radius 2 is 1.80 bits per heavy atom. The van der Waals surface area contributed by atoms with Crippen LogP contribution in [0.2, 0.25) is 0 Å². The molecule has 3 aliphatic rings. The Kier molecular flexibility index (Phi) is 10.6. The number of ether oxygens (including phenoxy) is 6. The Morgan fingerprint density at radius 1 is 1.09 bits per heavy atom. The number of hydrogen-bond donors (Lipinski definition) is 2. The first-order chi connectivity index (χ1) is 21.0. The number of carbonyl (C=O) groups is 3. The zero-order valence-electron chi connectivity index (χ0n) is 27.7. The largest absolute Gasteiger partial charge is 0.508 e. The van der Waals surface area contributed by atoms with Gasteiger partial charge < -0.3 is 38.6 Å². The molecule has 11 nitrogen and oxygen atoms in total. The molecule has 11 heteroatoms. The number of phenols is 1. The van der Waals surface area contributed by atoms with Crippen molar-refractivity contribution in [2.75, 3.05) is 7.11 Å². The van der Waals surface area contributed by atoms with E-state index in [0.29, 0.717) is 19.3 Å². The molecule has 4 rings (SSSR count). The average molecular weight is 635 g/mol. The van der Waals surface area contributed by atoms with E-state index in [0.717, 1.165) is 5.56 Å². The molecule has 0 amide bonds. The maximum absolute atomic E-state index is 13.4. The van der Waals surface area contributed by atoms with E-state index >= 15 is 0 Å². The number of hydrogen-bond acceptors (Lipinski definition) is 11. The standard InChI is InChI=1S/C34H50O11/c1-19(12-13-26(40-8)24-10-9-11-25(36)14-24)31-21(3)28-17-34(44-31)32(6,7)16-20(2)33(39,45-34)18-30(38)42-27(15-29(37)43-28)22(4)41-23(5)35/h9-11,14,19-22,26-28,31,36,39H,12-13,15-18H2,1-8H3/t19-,20-,21+,22-,26+,27-,28?,31-,33-,34+/m1/s1. The van der Waals surface area contributed by atoms with Gasteiger partial charge in [-0.25, -0.2) is 0 Å². The fraction of sp³-hybridized carbons (Fsp3) is 0.735. The quantitative estimate of drug-likeness (QED) is 0.295. The fourth-order valence-electron chi connectivity index (χ4n) is 7.30. The van der Waals surface area contributed by atoms with Gasteiger partial charge in [-0.2, -0.15) is 0 Å². The molecule has 1 unspecified atom stereocenters. The van der Waals surface area contributed by atoms with Crippen LogP contribution in [0.5, 0.6) is 5.75 Å². The number of fused-ring (bicyclic) bond motifs is 2. The maximum atomic E-state index is 13.4. The van der Waals surface area contributed by atoms with Gasteiger partial charge >= 0.3 is 17.9 Å². The van der Waals surface area contributed by atoms with Crippen LogP contribution in [-0.4, -0.2) is 71.2 Å². The summed E-state index contributed by atoms with van der Waals surface area (Å²) in [6.45, 7) is 12.6. The van der Waals surface area contributed by atoms with Crippen molar-refractivity contribution < 1.29 is 53.0 Å². The molecule has 252 valence electrons. The Bertz CT molecular complexity index is 1230. The molecule has 0 aromatic heterocycles. The van der Waals surface area contributed by atoms with Crippen molar-refractivity contribution in [1.82, 2.24) is 0 Å². The lowest BCUT2D eigenvalue weighted by Crippen LogP contribution is -2.68. The molecule has 3 fully saturated rings. The van der Waals surface area contributed by atoms with E-state index in [1.807, 2.05) is 33.8 Å². The molecular formula is C34H50O11. The number of benzene rings is 1. The van der Waals surface area contributed by atoms with Gasteiger partial charge in [-0.3, -0.25) is 14.4 Å². The number of rotatable bonds is 8. The Balaban J connectivity index is 1.66. The van der Waals surface area contributed by atoms with Crippen LogP contribution in [0.25, 0.3) is 0 Å². The van der Waals surface area contributed by atoms with E-state index in [1.165, 1.54) is 6.92 Å². The van der Waals surface area contributed by atoms with E-state index in [-0.39, 0.29) is 36.5 Å². The van der Waals surface area contributed by atoms with Crippen LogP contribution < -0.4 is 0 Å². The normalized spacial score (nSPS) is 35.4. The van der Waals surface area contributed by atoms with Gasteiger partial charge in [-0.1, -0.05) is 46.8 Å². The van der Waals surface area contributed by atoms with E-state index in [2.05, 4.69) is 6.92 Å². The molecule has 0 aliphatic carbocycles. The van der Waals surface area contributed by atoms with Gasteiger partial charge in [0, 0.05) is 37.7 Å². The molecule has 1 spiro atoms. The van der Waals surface area contributed by atoms with Gasteiger partial charge in [0.2, 0.25) is 0 Å². The van der Waals surface area contributed by atoms with E-state index in [9.17, 15) is 24.6 Å². The summed E-state index contributed by atoms with van der Waals surface area (Å²) in [6.07, 6.45) is -2.24. The fourth-order valence-corrected chi connectivity index (χ4v) is 7.30. The molecule has 0 radical (unpaired) electrons. The molecule has 3 aliphatic heterocycles. The monoisotopic (exact) mass is 634 g/mol. The highest BCUT2D eigenvalue weighted by Crippen LogP contribution is 2.57. The first-order valence-corrected chi connectivity index (χ1v) is 16.0. The van der Waals surface area contributed by atoms with Crippen molar-refractivity contribution in [3.05, 3.63) is 29.8 Å². The van der Waals surface area contributed by atoms with Gasteiger partial charge in [0.15, 0.2) is 11.6 Å². The average Bonchev–Trinajstić information content (AvgIpc) is 2.92. The molecule has 10 atom stereocenters. The zero-order valence-corrected chi connectivity index (χ0v) is 27.7. The molecule has 3 bridgehead atoms. The summed E-state index contributed by atoms with van der Waals surface area (Å²) >= 11 is 0. The first-order valence-electron chi connectivity index (χ1n) is 16.0. The van der Waals surface area contributed by atoms with E-state index < -0.39 is 71.7 Å². The van der Waals surface area contributed by atoms with Crippen molar-refractivity contribution in [1.29, 1.82) is 0 Å². The number of cyclic esters (lactones) is 1. The second-order valence-corrected chi connectivity index (χ2v) is 14.0. The highest BCUT2D eigenvalue weighted by molar-refractivity contribution is 5.74. The van der Waals surface area contributed by atoms with Crippen LogP contribution in [0.3, 0.4) is 0 Å². The summed E-state index contributed by atoms with van der Waals surface area (Å²) in [5, 5.41) is 21.9. The lowest BCUT2D eigenvalue weighted by Gasteiger charge is -2.61. The highest BCUT2D eigenvalue weighted by Gasteiger charge is 2.64. The second kappa shape index (κ2) is 13.6. The molecule has 1 aromatic carbocycles. The second-order valence-electron chi connectivity index (χ2n) is 14.0. The molecule has 0 saturated carbocycles. The maximum Gasteiger partial charge on any atom is 0.311 e. The summed E-state index contributed by atoms with van der Waals surface area (Å²) < 4.78 is 36.2. The zero-order chi connectivity index (χ0) is 33.3. The SMILES string of the molecule is CO[C@@H](CC[C@@H](C)[C@H]1O[C@@]23CC(OC(=O)C[C@H]([C@@H](C)OC(C)=O)OC(=O)C[C@@](O)(O2)[C@H](C)CC3(C)C)[C@@H]1C)c1cccc(O)c1. The van der Waals surface area contributed by atoms with Crippen molar-refractivity contribution in [2.45, 2.75) is 129 Å². The Morgan fingerprint density at radius 3 is 2.44 bits per heavy atom. The van der Waals surface area contributed by atoms with Crippen LogP contribution in [-0.2, 0) is 42.8 Å². The summed E-state index contributed by atoms with van der Waals surface area (Å²) in [6, 6.07) is 6.99. The number of esters is 3. The lowest BCUT2D eigenvalue weighted by atomic mass is 9.66. The number of methoxy groups -OCH3 is 1. The minimum atomic E-state index is -1.92. The molecule has 2 N–H and O–H groups in total. The van der Waals surface area contributed by atoms with Gasteiger partial charge in [-0.15, -0.1) is 0 Å². The topological polar surface area (TPSA) is 147 Å². The van der Waals surface area contributed by atoms with Gasteiger partial charge in [-0.05, 0) is 49.8 Å². The Hall–Kier alpha value is -2.73. The molecule has 1 aromatic rings. The molecule has 3 heterocycles. The third-order valence-electron chi connectivity index (χ3n) is 10.0. The van der Waals surface area contributed by atoms with Crippen LogP contribution in [0.1, 0.15) is 98.7 Å².